The van der Waals surface area contributed by atoms with Gasteiger partial charge in [-0.2, -0.15) is 5.10 Å². The maximum absolute atomic E-state index is 12.5. The van der Waals surface area contributed by atoms with Crippen LogP contribution in [-0.2, 0) is 4.79 Å². The molecular formula is C22H16ClN5OS. The van der Waals surface area contributed by atoms with Crippen LogP contribution in [0.3, 0.4) is 0 Å². The van der Waals surface area contributed by atoms with Crippen molar-refractivity contribution in [1.82, 2.24) is 15.2 Å². The summed E-state index contributed by atoms with van der Waals surface area (Å²) in [5, 5.41) is 9.47. The third-order valence-electron chi connectivity index (χ3n) is 4.78. The molecule has 0 aliphatic carbocycles. The SMILES string of the molecule is Cc1cc(-c2ccc(Cl)cc2)c2c(N=C3SCC(=O)N3c3ccccc3)n[nH]c2n1. The van der Waals surface area contributed by atoms with Crippen molar-refractivity contribution in [2.24, 2.45) is 4.99 Å². The van der Waals surface area contributed by atoms with Gasteiger partial charge in [0.05, 0.1) is 16.8 Å². The summed E-state index contributed by atoms with van der Waals surface area (Å²) in [6.45, 7) is 1.94. The second-order valence-electron chi connectivity index (χ2n) is 6.84. The maximum Gasteiger partial charge on any atom is 0.243 e. The van der Waals surface area contributed by atoms with E-state index >= 15 is 0 Å². The second kappa shape index (κ2) is 7.59. The Morgan fingerprint density at radius 3 is 2.67 bits per heavy atom. The third kappa shape index (κ3) is 3.36. The molecule has 4 aromatic rings. The monoisotopic (exact) mass is 433 g/mol. The number of benzene rings is 2. The van der Waals surface area contributed by atoms with Gasteiger partial charge >= 0.3 is 0 Å². The zero-order valence-corrected chi connectivity index (χ0v) is 17.5. The number of pyridine rings is 1. The van der Waals surface area contributed by atoms with Crippen molar-refractivity contribution in [3.63, 3.8) is 0 Å². The summed E-state index contributed by atoms with van der Waals surface area (Å²) in [5.41, 5.74) is 4.26. The highest BCUT2D eigenvalue weighted by Crippen LogP contribution is 2.36. The molecule has 0 spiro atoms. The molecule has 30 heavy (non-hydrogen) atoms. The molecule has 0 saturated carbocycles. The van der Waals surface area contributed by atoms with Crippen molar-refractivity contribution < 1.29 is 4.79 Å². The van der Waals surface area contributed by atoms with E-state index in [-0.39, 0.29) is 5.91 Å². The lowest BCUT2D eigenvalue weighted by molar-refractivity contribution is -0.115. The number of aromatic amines is 1. The summed E-state index contributed by atoms with van der Waals surface area (Å²) in [7, 11) is 0. The summed E-state index contributed by atoms with van der Waals surface area (Å²) in [5.74, 6) is 0.842. The van der Waals surface area contributed by atoms with E-state index in [1.54, 1.807) is 4.90 Å². The number of fused-ring (bicyclic) bond motifs is 1. The highest BCUT2D eigenvalue weighted by Gasteiger charge is 2.30. The molecule has 1 aliphatic rings. The molecule has 1 saturated heterocycles. The predicted molar refractivity (Wildman–Crippen MR) is 123 cm³/mol. The van der Waals surface area contributed by atoms with Crippen LogP contribution in [0.1, 0.15) is 5.69 Å². The van der Waals surface area contributed by atoms with E-state index in [0.717, 1.165) is 27.9 Å². The van der Waals surface area contributed by atoms with Gasteiger partial charge in [0.2, 0.25) is 5.91 Å². The minimum absolute atomic E-state index is 0.00307. The molecule has 0 radical (unpaired) electrons. The number of nitrogens with zero attached hydrogens (tertiary/aromatic N) is 4. The highest BCUT2D eigenvalue weighted by molar-refractivity contribution is 8.15. The molecule has 1 aliphatic heterocycles. The first-order valence-electron chi connectivity index (χ1n) is 9.31. The number of halogens is 1. The fourth-order valence-electron chi connectivity index (χ4n) is 3.45. The Bertz CT molecular complexity index is 1280. The van der Waals surface area contributed by atoms with Crippen LogP contribution in [0.5, 0.6) is 0 Å². The average Bonchev–Trinajstić information content (AvgIpc) is 3.32. The molecular weight excluding hydrogens is 418 g/mol. The number of thioether (sulfide) groups is 1. The number of rotatable bonds is 3. The minimum Gasteiger partial charge on any atom is -0.273 e. The number of hydrogen-bond donors (Lipinski definition) is 1. The first kappa shape index (κ1) is 18.8. The Labute approximate surface area is 182 Å². The maximum atomic E-state index is 12.5. The number of amidine groups is 1. The number of hydrogen-bond acceptors (Lipinski definition) is 5. The van der Waals surface area contributed by atoms with Gasteiger partial charge in [-0.25, -0.2) is 9.98 Å². The number of nitrogens with one attached hydrogen (secondary N) is 1. The highest BCUT2D eigenvalue weighted by atomic mass is 35.5. The number of aromatic nitrogens is 3. The standard InChI is InChI=1S/C22H16ClN5OS/c1-13-11-17(14-7-9-15(23)10-8-14)19-20(24-13)26-27-21(19)25-22-28(18(29)12-30-22)16-5-3-2-4-6-16/h2-11H,12H2,1H3,(H,24,26,27). The Balaban J connectivity index is 1.66. The van der Waals surface area contributed by atoms with Crippen LogP contribution in [0.25, 0.3) is 22.2 Å². The van der Waals surface area contributed by atoms with Crippen LogP contribution in [0, 0.1) is 6.92 Å². The number of anilines is 1. The first-order valence-corrected chi connectivity index (χ1v) is 10.7. The van der Waals surface area contributed by atoms with Crippen molar-refractivity contribution >= 4 is 57.0 Å². The lowest BCUT2D eigenvalue weighted by Crippen LogP contribution is -2.28. The van der Waals surface area contributed by atoms with Gasteiger partial charge in [-0.15, -0.1) is 0 Å². The number of carbonyl (C=O) groups is 1. The summed E-state index contributed by atoms with van der Waals surface area (Å²) >= 11 is 7.47. The lowest BCUT2D eigenvalue weighted by atomic mass is 10.0. The molecule has 2 aromatic carbocycles. The van der Waals surface area contributed by atoms with Gasteiger partial charge in [-0.05, 0) is 48.4 Å². The smallest absolute Gasteiger partial charge is 0.243 e. The van der Waals surface area contributed by atoms with Gasteiger partial charge in [0.25, 0.3) is 0 Å². The Hall–Kier alpha value is -3.16. The van der Waals surface area contributed by atoms with Gasteiger partial charge in [0.1, 0.15) is 0 Å². The third-order valence-corrected chi connectivity index (χ3v) is 5.95. The zero-order valence-electron chi connectivity index (χ0n) is 16.0. The molecule has 0 bridgehead atoms. The topological polar surface area (TPSA) is 74.2 Å². The summed E-state index contributed by atoms with van der Waals surface area (Å²) in [6.07, 6.45) is 0. The van der Waals surface area contributed by atoms with Gasteiger partial charge in [0, 0.05) is 10.7 Å². The van der Waals surface area contributed by atoms with E-state index in [9.17, 15) is 4.79 Å². The zero-order chi connectivity index (χ0) is 20.7. The largest absolute Gasteiger partial charge is 0.273 e. The molecule has 2 aromatic heterocycles. The second-order valence-corrected chi connectivity index (χ2v) is 8.22. The fraction of sp³-hybridized carbons (Fsp3) is 0.0909. The van der Waals surface area contributed by atoms with E-state index in [1.807, 2.05) is 67.6 Å². The van der Waals surface area contributed by atoms with Crippen molar-refractivity contribution in [3.8, 4) is 11.1 Å². The Morgan fingerprint density at radius 1 is 1.13 bits per heavy atom. The molecule has 1 N–H and O–H groups in total. The van der Waals surface area contributed by atoms with Gasteiger partial charge in [-0.1, -0.05) is 53.7 Å². The molecule has 148 valence electrons. The van der Waals surface area contributed by atoms with E-state index in [0.29, 0.717) is 27.4 Å². The predicted octanol–water partition coefficient (Wildman–Crippen LogP) is 5.35. The van der Waals surface area contributed by atoms with Gasteiger partial charge in [0.15, 0.2) is 16.6 Å². The van der Waals surface area contributed by atoms with E-state index in [1.165, 1.54) is 11.8 Å². The molecule has 8 heteroatoms. The van der Waals surface area contributed by atoms with Crippen molar-refractivity contribution in [2.45, 2.75) is 6.92 Å². The van der Waals surface area contributed by atoms with Crippen LogP contribution in [-0.4, -0.2) is 32.0 Å². The number of aryl methyl sites for hydroxylation is 1. The number of carbonyl (C=O) groups excluding carboxylic acids is 1. The van der Waals surface area contributed by atoms with E-state index in [2.05, 4.69) is 15.2 Å². The van der Waals surface area contributed by atoms with Gasteiger partial charge < -0.3 is 0 Å². The summed E-state index contributed by atoms with van der Waals surface area (Å²) in [6, 6.07) is 19.2. The molecule has 1 fully saturated rings. The van der Waals surface area contributed by atoms with Crippen LogP contribution in [0.2, 0.25) is 5.02 Å². The lowest BCUT2D eigenvalue weighted by Gasteiger charge is -2.15. The first-order chi connectivity index (χ1) is 14.6. The summed E-state index contributed by atoms with van der Waals surface area (Å²) in [4.78, 5) is 23.5. The molecule has 5 rings (SSSR count). The fourth-order valence-corrected chi connectivity index (χ4v) is 4.44. The molecule has 3 heterocycles. The van der Waals surface area contributed by atoms with E-state index in [4.69, 9.17) is 16.6 Å². The average molecular weight is 434 g/mol. The summed E-state index contributed by atoms with van der Waals surface area (Å²) < 4.78 is 0. The number of amides is 1. The van der Waals surface area contributed by atoms with Crippen molar-refractivity contribution in [3.05, 3.63) is 71.4 Å². The molecule has 6 nitrogen and oxygen atoms in total. The Morgan fingerprint density at radius 2 is 1.90 bits per heavy atom. The number of para-hydroxylation sites is 1. The van der Waals surface area contributed by atoms with Crippen LogP contribution < -0.4 is 4.90 Å². The minimum atomic E-state index is -0.00307. The normalized spacial score (nSPS) is 15.5. The van der Waals surface area contributed by atoms with Crippen molar-refractivity contribution in [1.29, 1.82) is 0 Å². The number of aliphatic imine (C=N–C) groups is 1. The van der Waals surface area contributed by atoms with Crippen LogP contribution in [0.4, 0.5) is 11.5 Å². The number of H-pyrrole nitrogens is 1. The van der Waals surface area contributed by atoms with Crippen LogP contribution in [0.15, 0.2) is 65.7 Å². The van der Waals surface area contributed by atoms with E-state index < -0.39 is 0 Å². The molecule has 0 atom stereocenters. The quantitative estimate of drug-likeness (QED) is 0.472. The van der Waals surface area contributed by atoms with Gasteiger partial charge in [-0.3, -0.25) is 14.8 Å². The van der Waals surface area contributed by atoms with Crippen molar-refractivity contribution in [2.75, 3.05) is 10.7 Å². The molecule has 0 unspecified atom stereocenters. The van der Waals surface area contributed by atoms with Crippen LogP contribution >= 0.6 is 23.4 Å². The Kier molecular flexibility index (Phi) is 4.77. The molecule has 1 amide bonds.